The average Bonchev–Trinajstić information content (AvgIpc) is 2.63. The fraction of sp³-hybridized carbons (Fsp3) is 0.909. The van der Waals surface area contributed by atoms with E-state index in [4.69, 9.17) is 9.47 Å². The van der Waals surface area contributed by atoms with Gasteiger partial charge in [-0.1, -0.05) is 68.2 Å². The minimum Gasteiger partial charge on any atom is -0.352 e. The molecule has 1 heterocycles. The summed E-state index contributed by atoms with van der Waals surface area (Å²) in [7, 11) is -1.66. The topological polar surface area (TPSA) is 18.5 Å². The maximum Gasteiger partial charge on any atom is 0.164 e. The van der Waals surface area contributed by atoms with E-state index in [0.29, 0.717) is 29.1 Å². The van der Waals surface area contributed by atoms with Gasteiger partial charge in [0.2, 0.25) is 0 Å². The lowest BCUT2D eigenvalue weighted by Gasteiger charge is -2.49. The maximum absolute atomic E-state index is 6.21. The molecule has 3 heteroatoms. The zero-order chi connectivity index (χ0) is 19.0. The Morgan fingerprint density at radius 1 is 1.04 bits per heavy atom. The highest BCUT2D eigenvalue weighted by Crippen LogP contribution is 2.61. The minimum absolute atomic E-state index is 0.108. The van der Waals surface area contributed by atoms with Gasteiger partial charge >= 0.3 is 0 Å². The van der Waals surface area contributed by atoms with E-state index in [1.807, 2.05) is 0 Å². The van der Waals surface area contributed by atoms with Crippen molar-refractivity contribution in [3.8, 4) is 11.5 Å². The highest BCUT2D eigenvalue weighted by molar-refractivity contribution is 6.90. The fourth-order valence-electron chi connectivity index (χ4n) is 5.70. The quantitative estimate of drug-likeness (QED) is 0.438. The highest BCUT2D eigenvalue weighted by atomic mass is 28.3. The smallest absolute Gasteiger partial charge is 0.164 e. The molecule has 0 radical (unpaired) electrons. The van der Waals surface area contributed by atoms with Crippen LogP contribution in [0.1, 0.15) is 75.2 Å². The summed E-state index contributed by atoms with van der Waals surface area (Å²) in [5.41, 5.74) is 6.15. The number of hydrogen-bond donors (Lipinski definition) is 0. The first-order valence-electron chi connectivity index (χ1n) is 10.2. The standard InChI is InChI=1S/C22H40O2Si/c1-16(2)25(17(3)4,18(5)6)14-10-13-23-20-22(9)12-11-19(15-24-20)21(22,7)8/h16-20H,11-13,15H2,1-9H3/t19-,20+,22+/m1/s1. The zero-order valence-electron chi connectivity index (χ0n) is 18.0. The molecular formula is C22H40O2Si. The summed E-state index contributed by atoms with van der Waals surface area (Å²) < 4.78 is 12.3. The highest BCUT2D eigenvalue weighted by Gasteiger charge is 2.59. The van der Waals surface area contributed by atoms with E-state index in [2.05, 4.69) is 73.8 Å². The third-order valence-electron chi connectivity index (χ3n) is 7.95. The molecular weight excluding hydrogens is 324 g/mol. The van der Waals surface area contributed by atoms with E-state index >= 15 is 0 Å². The van der Waals surface area contributed by atoms with E-state index in [1.54, 1.807) is 0 Å². The van der Waals surface area contributed by atoms with Crippen LogP contribution < -0.4 is 0 Å². The van der Waals surface area contributed by atoms with Crippen molar-refractivity contribution in [1.82, 2.24) is 0 Å². The van der Waals surface area contributed by atoms with Crippen LogP contribution in [0.3, 0.4) is 0 Å². The van der Waals surface area contributed by atoms with Crippen LogP contribution in [-0.2, 0) is 9.47 Å². The SMILES string of the molecule is CC(C)[Si](C#CCO[C@H]1OC[C@H]2CC[C@]1(C)C2(C)C)(C(C)C)C(C)C. The van der Waals surface area contributed by atoms with Gasteiger partial charge in [-0.2, -0.15) is 0 Å². The lowest BCUT2D eigenvalue weighted by molar-refractivity contribution is -0.258. The second kappa shape index (κ2) is 7.37. The largest absolute Gasteiger partial charge is 0.352 e. The molecule has 2 bridgehead atoms. The van der Waals surface area contributed by atoms with Crippen molar-refractivity contribution in [3.63, 3.8) is 0 Å². The van der Waals surface area contributed by atoms with Crippen molar-refractivity contribution in [1.29, 1.82) is 0 Å². The summed E-state index contributed by atoms with van der Waals surface area (Å²) in [5, 5.41) is 0. The number of ether oxygens (including phenoxy) is 2. The summed E-state index contributed by atoms with van der Waals surface area (Å²) in [6.45, 7) is 22.6. The summed E-state index contributed by atoms with van der Waals surface area (Å²) in [5.74, 6) is 4.10. The van der Waals surface area contributed by atoms with Gasteiger partial charge in [0.15, 0.2) is 6.29 Å². The van der Waals surface area contributed by atoms with Crippen molar-refractivity contribution < 1.29 is 9.47 Å². The first-order chi connectivity index (χ1) is 11.5. The van der Waals surface area contributed by atoms with Gasteiger partial charge in [-0.3, -0.25) is 0 Å². The molecule has 3 atom stereocenters. The van der Waals surface area contributed by atoms with E-state index < -0.39 is 8.07 Å². The number of rotatable bonds is 5. The molecule has 0 aromatic carbocycles. The van der Waals surface area contributed by atoms with Crippen LogP contribution in [0.5, 0.6) is 0 Å². The molecule has 0 aromatic heterocycles. The van der Waals surface area contributed by atoms with Crippen molar-refractivity contribution in [2.75, 3.05) is 13.2 Å². The van der Waals surface area contributed by atoms with E-state index in [1.165, 1.54) is 12.8 Å². The second-order valence-corrected chi connectivity index (χ2v) is 15.6. The normalized spacial score (nSPS) is 31.5. The zero-order valence-corrected chi connectivity index (χ0v) is 19.0. The second-order valence-electron chi connectivity index (χ2n) is 10.0. The van der Waals surface area contributed by atoms with Crippen LogP contribution in [0.15, 0.2) is 0 Å². The Bertz CT molecular complexity index is 504. The van der Waals surface area contributed by atoms with Gasteiger partial charge < -0.3 is 9.47 Å². The first kappa shape index (κ1) is 21.0. The van der Waals surface area contributed by atoms with E-state index in [9.17, 15) is 0 Å². The van der Waals surface area contributed by atoms with Crippen LogP contribution >= 0.6 is 0 Å². The Hall–Kier alpha value is -0.303. The summed E-state index contributed by atoms with van der Waals surface area (Å²) in [6, 6.07) is 0. The van der Waals surface area contributed by atoms with Crippen LogP contribution in [0.4, 0.5) is 0 Å². The van der Waals surface area contributed by atoms with Crippen molar-refractivity contribution in [2.45, 2.75) is 98.1 Å². The Morgan fingerprint density at radius 2 is 1.60 bits per heavy atom. The van der Waals surface area contributed by atoms with Gasteiger partial charge in [0.1, 0.15) is 14.7 Å². The van der Waals surface area contributed by atoms with Crippen molar-refractivity contribution >= 4 is 8.07 Å². The predicted octanol–water partition coefficient (Wildman–Crippen LogP) is 6.02. The van der Waals surface area contributed by atoms with Crippen LogP contribution in [0, 0.1) is 28.2 Å². The van der Waals surface area contributed by atoms with Gasteiger partial charge in [0.25, 0.3) is 0 Å². The number of hydrogen-bond acceptors (Lipinski definition) is 2. The maximum atomic E-state index is 6.21. The van der Waals surface area contributed by atoms with Crippen LogP contribution in [-0.4, -0.2) is 27.6 Å². The molecule has 2 aliphatic rings. The van der Waals surface area contributed by atoms with Gasteiger partial charge in [0, 0.05) is 5.41 Å². The third kappa shape index (κ3) is 3.35. The van der Waals surface area contributed by atoms with E-state index in [0.717, 1.165) is 6.61 Å². The third-order valence-corrected chi connectivity index (χ3v) is 14.3. The Kier molecular flexibility index (Phi) is 6.19. The molecule has 1 saturated carbocycles. The van der Waals surface area contributed by atoms with Crippen molar-refractivity contribution in [3.05, 3.63) is 0 Å². The first-order valence-corrected chi connectivity index (χ1v) is 12.5. The Morgan fingerprint density at radius 3 is 2.12 bits per heavy atom. The lowest BCUT2D eigenvalue weighted by atomic mass is 9.64. The van der Waals surface area contributed by atoms with Gasteiger partial charge in [-0.25, -0.2) is 0 Å². The van der Waals surface area contributed by atoms with Gasteiger partial charge in [-0.15, -0.1) is 5.54 Å². The molecule has 0 N–H and O–H groups in total. The molecule has 1 aliphatic heterocycles. The van der Waals surface area contributed by atoms with E-state index in [-0.39, 0.29) is 17.1 Å². The lowest BCUT2D eigenvalue weighted by Crippen LogP contribution is -2.51. The molecule has 144 valence electrons. The molecule has 0 spiro atoms. The number of fused-ring (bicyclic) bond motifs is 2. The summed E-state index contributed by atoms with van der Waals surface area (Å²) in [6.07, 6.45) is 2.36. The van der Waals surface area contributed by atoms with Gasteiger partial charge in [0.05, 0.1) is 6.61 Å². The van der Waals surface area contributed by atoms with Crippen LogP contribution in [0.25, 0.3) is 0 Å². The molecule has 1 aliphatic carbocycles. The van der Waals surface area contributed by atoms with Gasteiger partial charge in [-0.05, 0) is 40.8 Å². The molecule has 0 amide bonds. The molecule has 2 rings (SSSR count). The molecule has 2 nitrogen and oxygen atoms in total. The molecule has 1 saturated heterocycles. The molecule has 2 fully saturated rings. The van der Waals surface area contributed by atoms with Crippen molar-refractivity contribution in [2.24, 2.45) is 16.7 Å². The minimum atomic E-state index is -1.66. The fourth-order valence-corrected chi connectivity index (χ4v) is 10.9. The molecule has 0 aromatic rings. The Labute approximate surface area is 157 Å². The monoisotopic (exact) mass is 364 g/mol. The average molecular weight is 365 g/mol. The molecule has 25 heavy (non-hydrogen) atoms. The summed E-state index contributed by atoms with van der Waals surface area (Å²) >= 11 is 0. The predicted molar refractivity (Wildman–Crippen MR) is 109 cm³/mol. The Balaban J connectivity index is 2.09. The molecule has 0 unspecified atom stereocenters. The summed E-state index contributed by atoms with van der Waals surface area (Å²) in [4.78, 5) is 0. The van der Waals surface area contributed by atoms with Crippen LogP contribution in [0.2, 0.25) is 16.6 Å².